The van der Waals surface area contributed by atoms with Crippen LogP contribution in [0.4, 0.5) is 10.2 Å². The second-order valence-corrected chi connectivity index (χ2v) is 9.68. The van der Waals surface area contributed by atoms with E-state index in [1.165, 1.54) is 6.33 Å². The molecule has 4 heterocycles. The fourth-order valence-electron chi connectivity index (χ4n) is 5.54. The van der Waals surface area contributed by atoms with Crippen molar-refractivity contribution in [3.8, 4) is 0 Å². The first kappa shape index (κ1) is 21.7. The van der Waals surface area contributed by atoms with Gasteiger partial charge in [0.1, 0.15) is 35.0 Å². The molecule has 4 N–H and O–H groups in total. The number of pyridine rings is 1. The van der Waals surface area contributed by atoms with Gasteiger partial charge < -0.3 is 25.3 Å². The molecule has 10 heteroatoms. The summed E-state index contributed by atoms with van der Waals surface area (Å²) in [6.07, 6.45) is 1.88. The van der Waals surface area contributed by atoms with Crippen molar-refractivity contribution in [1.29, 1.82) is 0 Å². The number of aliphatic hydroxyl groups excluding tert-OH is 1. The topological polar surface area (TPSA) is 119 Å². The lowest BCUT2D eigenvalue weighted by Gasteiger charge is -2.26. The minimum Gasteiger partial charge on any atom is -0.385 e. The zero-order chi connectivity index (χ0) is 23.8. The second kappa shape index (κ2) is 7.58. The molecule has 0 spiro atoms. The predicted molar refractivity (Wildman–Crippen MR) is 125 cm³/mol. The molecule has 1 unspecified atom stereocenters. The molecule has 1 aliphatic heterocycles. The van der Waals surface area contributed by atoms with Crippen molar-refractivity contribution >= 4 is 39.4 Å². The molecule has 6 rings (SSSR count). The number of rotatable bonds is 3. The van der Waals surface area contributed by atoms with Crippen molar-refractivity contribution in [2.75, 3.05) is 5.73 Å². The maximum Gasteiger partial charge on any atom is 0.164 e. The van der Waals surface area contributed by atoms with E-state index in [1.54, 1.807) is 29.0 Å². The summed E-state index contributed by atoms with van der Waals surface area (Å²) in [4.78, 5) is 12.7. The van der Waals surface area contributed by atoms with Crippen LogP contribution in [0.3, 0.4) is 0 Å². The van der Waals surface area contributed by atoms with Crippen LogP contribution in [0.2, 0.25) is 5.02 Å². The highest BCUT2D eigenvalue weighted by Crippen LogP contribution is 2.50. The highest BCUT2D eigenvalue weighted by atomic mass is 35.5. The van der Waals surface area contributed by atoms with Crippen molar-refractivity contribution in [2.45, 2.75) is 50.2 Å². The van der Waals surface area contributed by atoms with E-state index >= 15 is 4.39 Å². The quantitative estimate of drug-likeness (QED) is 0.409. The number of nitrogen functional groups attached to an aromatic ring is 1. The van der Waals surface area contributed by atoms with Crippen molar-refractivity contribution in [3.05, 3.63) is 58.9 Å². The van der Waals surface area contributed by atoms with E-state index < -0.39 is 29.9 Å². The number of aryl methyl sites for hydroxylation is 1. The Labute approximate surface area is 199 Å². The summed E-state index contributed by atoms with van der Waals surface area (Å²) in [5.41, 5.74) is 6.40. The summed E-state index contributed by atoms with van der Waals surface area (Å²) in [6, 6.07) is 6.92. The highest BCUT2D eigenvalue weighted by molar-refractivity contribution is 6.33. The largest absolute Gasteiger partial charge is 0.385 e. The maximum absolute atomic E-state index is 15.3. The Morgan fingerprint density at radius 1 is 1.32 bits per heavy atom. The third kappa shape index (κ3) is 3.04. The zero-order valence-electron chi connectivity index (χ0n) is 18.3. The van der Waals surface area contributed by atoms with Gasteiger partial charge in [-0.05, 0) is 49.8 Å². The van der Waals surface area contributed by atoms with Crippen LogP contribution >= 0.6 is 11.6 Å². The van der Waals surface area contributed by atoms with Gasteiger partial charge in [-0.1, -0.05) is 23.7 Å². The van der Waals surface area contributed by atoms with Gasteiger partial charge in [-0.3, -0.25) is 0 Å². The van der Waals surface area contributed by atoms with Crippen LogP contribution in [0.15, 0.2) is 36.8 Å². The average molecular weight is 484 g/mol. The van der Waals surface area contributed by atoms with E-state index in [2.05, 4.69) is 15.0 Å². The summed E-state index contributed by atoms with van der Waals surface area (Å²) >= 11 is 6.02. The van der Waals surface area contributed by atoms with Crippen molar-refractivity contribution in [3.63, 3.8) is 0 Å². The molecule has 1 aromatic carbocycles. The molecule has 8 nitrogen and oxygen atoms in total. The monoisotopic (exact) mass is 483 g/mol. The van der Waals surface area contributed by atoms with Gasteiger partial charge in [-0.2, -0.15) is 0 Å². The number of aromatic nitrogens is 4. The molecule has 4 aromatic rings. The number of hydrogen-bond donors (Lipinski definition) is 3. The van der Waals surface area contributed by atoms with Crippen LogP contribution in [0, 0.1) is 18.7 Å². The van der Waals surface area contributed by atoms with Gasteiger partial charge in [0.25, 0.3) is 0 Å². The Kier molecular flexibility index (Phi) is 4.83. The molecule has 0 bridgehead atoms. The van der Waals surface area contributed by atoms with Gasteiger partial charge in [0.15, 0.2) is 12.0 Å². The Morgan fingerprint density at radius 2 is 2.15 bits per heavy atom. The zero-order valence-corrected chi connectivity index (χ0v) is 19.1. The van der Waals surface area contributed by atoms with Crippen LogP contribution < -0.4 is 5.73 Å². The van der Waals surface area contributed by atoms with E-state index in [4.69, 9.17) is 22.1 Å². The standard InChI is InChI=1S/C24H23ClFN5O3/c1-11-15-5-7-31(22(15)29-10-28-11)23-19(32)24(33)6-4-14(20(24)34-23)8-12-2-3-13-9-16(25)21(27)30-18(13)17(12)26/h2-3,5,7,9-10,14,19-20,23,32-33H,4,6,8H2,1H3,(H2,27,30)/t14-,19?,20+,23+,24-/m0/s1. The van der Waals surface area contributed by atoms with Crippen molar-refractivity contribution < 1.29 is 19.3 Å². The first-order valence-electron chi connectivity index (χ1n) is 11.1. The minimum absolute atomic E-state index is 0.0727. The molecule has 34 heavy (non-hydrogen) atoms. The summed E-state index contributed by atoms with van der Waals surface area (Å²) in [5.74, 6) is -0.585. The smallest absolute Gasteiger partial charge is 0.164 e. The van der Waals surface area contributed by atoms with Gasteiger partial charge in [0.05, 0.1) is 16.8 Å². The van der Waals surface area contributed by atoms with Crippen LogP contribution in [-0.4, -0.2) is 47.5 Å². The number of hydrogen-bond acceptors (Lipinski definition) is 7. The fourth-order valence-corrected chi connectivity index (χ4v) is 5.70. The number of halogens is 2. The highest BCUT2D eigenvalue weighted by Gasteiger charge is 2.61. The average Bonchev–Trinajstić information content (AvgIpc) is 3.45. The van der Waals surface area contributed by atoms with Crippen molar-refractivity contribution in [2.24, 2.45) is 5.92 Å². The molecule has 3 aromatic heterocycles. The Hall–Kier alpha value is -2.85. The first-order chi connectivity index (χ1) is 16.3. The van der Waals surface area contributed by atoms with Crippen LogP contribution in [0.25, 0.3) is 21.9 Å². The van der Waals surface area contributed by atoms with E-state index in [9.17, 15) is 10.2 Å². The molecule has 0 radical (unpaired) electrons. The summed E-state index contributed by atoms with van der Waals surface area (Å²) in [7, 11) is 0. The molecule has 2 fully saturated rings. The predicted octanol–water partition coefficient (Wildman–Crippen LogP) is 3.30. The van der Waals surface area contributed by atoms with Crippen molar-refractivity contribution in [1.82, 2.24) is 19.5 Å². The maximum atomic E-state index is 15.3. The van der Waals surface area contributed by atoms with E-state index in [1.807, 2.05) is 13.0 Å². The van der Waals surface area contributed by atoms with Gasteiger partial charge in [-0.15, -0.1) is 0 Å². The Morgan fingerprint density at radius 3 is 2.97 bits per heavy atom. The molecular formula is C24H23ClFN5O3. The number of anilines is 1. The van der Waals surface area contributed by atoms with E-state index in [-0.39, 0.29) is 22.3 Å². The molecule has 1 saturated heterocycles. The number of aliphatic hydroxyl groups is 2. The SMILES string of the molecule is Cc1ncnc2c1ccn2[C@@H]1O[C@@H]2[C@H](Cc3ccc4cc(Cl)c(N)nc4c3F)CC[C@]2(O)C1O. The molecular weight excluding hydrogens is 461 g/mol. The third-order valence-electron chi connectivity index (χ3n) is 7.36. The normalized spacial score (nSPS) is 28.7. The summed E-state index contributed by atoms with van der Waals surface area (Å²) < 4.78 is 23.3. The molecule has 5 atom stereocenters. The Bertz CT molecular complexity index is 1450. The van der Waals surface area contributed by atoms with E-state index in [0.29, 0.717) is 35.9 Å². The van der Waals surface area contributed by atoms with Gasteiger partial charge in [-0.25, -0.2) is 19.3 Å². The van der Waals surface area contributed by atoms with Crippen LogP contribution in [-0.2, 0) is 11.2 Å². The first-order valence-corrected chi connectivity index (χ1v) is 11.5. The van der Waals surface area contributed by atoms with Gasteiger partial charge in [0, 0.05) is 17.0 Å². The van der Waals surface area contributed by atoms with Gasteiger partial charge >= 0.3 is 0 Å². The lowest BCUT2D eigenvalue weighted by molar-refractivity contribution is -0.0675. The molecule has 1 aliphatic carbocycles. The fraction of sp³-hybridized carbons (Fsp3) is 0.375. The molecule has 1 saturated carbocycles. The summed E-state index contributed by atoms with van der Waals surface area (Å²) in [6.45, 7) is 1.88. The number of benzene rings is 1. The van der Waals surface area contributed by atoms with Gasteiger partial charge in [0.2, 0.25) is 0 Å². The van der Waals surface area contributed by atoms with Crippen LogP contribution in [0.5, 0.6) is 0 Å². The Balaban J connectivity index is 1.32. The number of ether oxygens (including phenoxy) is 1. The number of fused-ring (bicyclic) bond motifs is 3. The lowest BCUT2D eigenvalue weighted by atomic mass is 9.89. The molecule has 2 aliphatic rings. The lowest BCUT2D eigenvalue weighted by Crippen LogP contribution is -2.45. The van der Waals surface area contributed by atoms with Crippen LogP contribution in [0.1, 0.15) is 30.3 Å². The molecule has 176 valence electrons. The number of nitrogens with two attached hydrogens (primary N) is 1. The molecule has 0 amide bonds. The number of nitrogens with zero attached hydrogens (tertiary/aromatic N) is 4. The summed E-state index contributed by atoms with van der Waals surface area (Å²) in [5, 5.41) is 24.2. The third-order valence-corrected chi connectivity index (χ3v) is 7.66. The second-order valence-electron chi connectivity index (χ2n) is 9.27. The van der Waals surface area contributed by atoms with E-state index in [0.717, 1.165) is 11.1 Å². The minimum atomic E-state index is -1.43.